The molecule has 0 saturated carbocycles. The average Bonchev–Trinajstić information content (AvgIpc) is 3.35. The van der Waals surface area contributed by atoms with Crippen LogP contribution in [0.2, 0.25) is 5.02 Å². The molecule has 6 nitrogen and oxygen atoms in total. The number of carbonyl (C=O) groups is 1. The second kappa shape index (κ2) is 11.3. The Morgan fingerprint density at radius 3 is 2.53 bits per heavy atom. The van der Waals surface area contributed by atoms with Gasteiger partial charge in [-0.05, 0) is 80.1 Å². The Morgan fingerprint density at radius 2 is 1.86 bits per heavy atom. The van der Waals surface area contributed by atoms with Crippen molar-refractivity contribution in [3.05, 3.63) is 81.0 Å². The molecule has 9 heteroatoms. The van der Waals surface area contributed by atoms with Crippen molar-refractivity contribution in [3.63, 3.8) is 0 Å². The van der Waals surface area contributed by atoms with Crippen LogP contribution >= 0.6 is 22.9 Å². The number of ether oxygens (including phenoxy) is 1. The monoisotopic (exact) mass is 546 g/mol. The van der Waals surface area contributed by atoms with Gasteiger partial charge in [0.15, 0.2) is 0 Å². The normalized spacial score (nSPS) is 16.6. The quantitative estimate of drug-likeness (QED) is 0.345. The lowest BCUT2D eigenvalue weighted by Gasteiger charge is -2.37. The van der Waals surface area contributed by atoms with Gasteiger partial charge in [-0.3, -0.25) is 4.79 Å². The van der Waals surface area contributed by atoms with Gasteiger partial charge in [0.05, 0.1) is 17.5 Å². The number of carbonyl (C=O) groups excluding carboxylic acids is 1. The van der Waals surface area contributed by atoms with Crippen LogP contribution in [0.25, 0.3) is 0 Å². The van der Waals surface area contributed by atoms with E-state index in [2.05, 4.69) is 0 Å². The summed E-state index contributed by atoms with van der Waals surface area (Å²) >= 11 is 7.65. The maximum atomic E-state index is 13.7. The van der Waals surface area contributed by atoms with E-state index in [-0.39, 0.29) is 29.4 Å². The van der Waals surface area contributed by atoms with Gasteiger partial charge in [-0.1, -0.05) is 36.2 Å². The lowest BCUT2D eigenvalue weighted by Crippen LogP contribution is -2.49. The molecule has 192 valence electrons. The first-order chi connectivity index (χ1) is 17.2. The SMILES string of the molecule is CC[C@H](C)N(CC(=O)N1CCc2sccc2[C@@H]1COc1ccc(C)cc1)S(=O)(=O)c1ccc(Cl)cc1. The smallest absolute Gasteiger partial charge is 0.243 e. The minimum absolute atomic E-state index is 0.123. The van der Waals surface area contributed by atoms with E-state index in [0.717, 1.165) is 23.3 Å². The first-order valence-electron chi connectivity index (χ1n) is 12.0. The third kappa shape index (κ3) is 5.78. The molecule has 0 spiro atoms. The van der Waals surface area contributed by atoms with Crippen LogP contribution in [0.5, 0.6) is 5.75 Å². The first kappa shape index (κ1) is 26.7. The molecule has 2 heterocycles. The lowest BCUT2D eigenvalue weighted by molar-refractivity contribution is -0.135. The summed E-state index contributed by atoms with van der Waals surface area (Å²) in [5.41, 5.74) is 2.21. The lowest BCUT2D eigenvalue weighted by atomic mass is 10.0. The Morgan fingerprint density at radius 1 is 1.17 bits per heavy atom. The van der Waals surface area contributed by atoms with Crippen LogP contribution in [-0.4, -0.2) is 49.3 Å². The number of nitrogens with zero attached hydrogens (tertiary/aromatic N) is 2. The minimum atomic E-state index is -3.89. The van der Waals surface area contributed by atoms with Gasteiger partial charge in [0.25, 0.3) is 0 Å². The van der Waals surface area contributed by atoms with Crippen LogP contribution in [0.3, 0.4) is 0 Å². The van der Waals surface area contributed by atoms with Gasteiger partial charge < -0.3 is 9.64 Å². The largest absolute Gasteiger partial charge is 0.491 e. The molecule has 0 N–H and O–H groups in total. The second-order valence-electron chi connectivity index (χ2n) is 9.04. The molecular formula is C27H31ClN2O4S2. The average molecular weight is 547 g/mol. The van der Waals surface area contributed by atoms with Gasteiger partial charge in [0.2, 0.25) is 15.9 Å². The molecule has 1 aromatic heterocycles. The number of benzene rings is 2. The van der Waals surface area contributed by atoms with Crippen LogP contribution in [0, 0.1) is 6.92 Å². The Kier molecular flexibility index (Phi) is 8.40. The molecule has 2 atom stereocenters. The van der Waals surface area contributed by atoms with E-state index in [9.17, 15) is 13.2 Å². The Labute approximate surface area is 222 Å². The third-order valence-electron chi connectivity index (χ3n) is 6.64. The fraction of sp³-hybridized carbons (Fsp3) is 0.370. The molecular weight excluding hydrogens is 516 g/mol. The second-order valence-corrected chi connectivity index (χ2v) is 12.4. The number of hydrogen-bond acceptors (Lipinski definition) is 5. The number of aryl methyl sites for hydroxylation is 1. The number of fused-ring (bicyclic) bond motifs is 1. The maximum absolute atomic E-state index is 13.7. The molecule has 1 aliphatic rings. The van der Waals surface area contributed by atoms with Crippen molar-refractivity contribution in [2.75, 3.05) is 19.7 Å². The number of hydrogen-bond donors (Lipinski definition) is 0. The molecule has 0 radical (unpaired) electrons. The molecule has 0 fully saturated rings. The number of thiophene rings is 1. The zero-order chi connectivity index (χ0) is 25.9. The van der Waals surface area contributed by atoms with Crippen LogP contribution in [0.1, 0.15) is 42.3 Å². The molecule has 36 heavy (non-hydrogen) atoms. The fourth-order valence-electron chi connectivity index (χ4n) is 4.33. The summed E-state index contributed by atoms with van der Waals surface area (Å²) in [5, 5.41) is 2.49. The molecule has 0 aliphatic carbocycles. The molecule has 0 bridgehead atoms. The first-order valence-corrected chi connectivity index (χ1v) is 14.7. The van der Waals surface area contributed by atoms with Crippen molar-refractivity contribution >= 4 is 38.9 Å². The van der Waals surface area contributed by atoms with Crippen molar-refractivity contribution < 1.29 is 17.9 Å². The summed E-state index contributed by atoms with van der Waals surface area (Å²) in [6.07, 6.45) is 1.32. The van der Waals surface area contributed by atoms with E-state index in [1.165, 1.54) is 21.3 Å². The van der Waals surface area contributed by atoms with Gasteiger partial charge in [0.1, 0.15) is 12.4 Å². The third-order valence-corrected chi connectivity index (χ3v) is 9.86. The highest BCUT2D eigenvalue weighted by molar-refractivity contribution is 7.89. The van der Waals surface area contributed by atoms with Crippen LogP contribution in [-0.2, 0) is 21.2 Å². The fourth-order valence-corrected chi connectivity index (χ4v) is 7.04. The van der Waals surface area contributed by atoms with Crippen molar-refractivity contribution in [1.82, 2.24) is 9.21 Å². The molecule has 3 aromatic rings. The number of amides is 1. The summed E-state index contributed by atoms with van der Waals surface area (Å²) in [6, 6.07) is 15.3. The zero-order valence-electron chi connectivity index (χ0n) is 20.7. The molecule has 1 aliphatic heterocycles. The van der Waals surface area contributed by atoms with Gasteiger partial charge in [-0.25, -0.2) is 8.42 Å². The predicted octanol–water partition coefficient (Wildman–Crippen LogP) is 5.70. The van der Waals surface area contributed by atoms with Gasteiger partial charge in [-0.2, -0.15) is 4.31 Å². The van der Waals surface area contributed by atoms with Gasteiger partial charge >= 0.3 is 0 Å². The number of halogens is 1. The van der Waals surface area contributed by atoms with E-state index < -0.39 is 10.0 Å². The highest BCUT2D eigenvalue weighted by atomic mass is 35.5. The number of rotatable bonds is 9. The topological polar surface area (TPSA) is 66.9 Å². The summed E-state index contributed by atoms with van der Waals surface area (Å²) in [4.78, 5) is 16.8. The van der Waals surface area contributed by atoms with E-state index in [0.29, 0.717) is 24.6 Å². The Bertz CT molecular complexity index is 1290. The molecule has 0 unspecified atom stereocenters. The Balaban J connectivity index is 1.58. The summed E-state index contributed by atoms with van der Waals surface area (Å²) in [5.74, 6) is 0.504. The standard InChI is InChI=1S/C27H31ClN2O4S2/c1-4-20(3)30(36(32,33)23-11-7-21(28)8-12-23)17-27(31)29-15-13-26-24(14-16-35-26)25(29)18-34-22-9-5-19(2)6-10-22/h5-12,14,16,20,25H,4,13,15,17-18H2,1-3H3/t20-,25-/m0/s1. The highest BCUT2D eigenvalue weighted by Gasteiger charge is 2.36. The van der Waals surface area contributed by atoms with Crippen LogP contribution in [0.4, 0.5) is 0 Å². The molecule has 0 saturated heterocycles. The zero-order valence-corrected chi connectivity index (χ0v) is 23.1. The van der Waals surface area contributed by atoms with Crippen molar-refractivity contribution in [1.29, 1.82) is 0 Å². The number of sulfonamides is 1. The minimum Gasteiger partial charge on any atom is -0.491 e. The van der Waals surface area contributed by atoms with Crippen LogP contribution < -0.4 is 4.74 Å². The van der Waals surface area contributed by atoms with E-state index in [4.69, 9.17) is 16.3 Å². The van der Waals surface area contributed by atoms with Crippen molar-refractivity contribution in [3.8, 4) is 5.75 Å². The van der Waals surface area contributed by atoms with Crippen molar-refractivity contribution in [2.45, 2.75) is 50.6 Å². The van der Waals surface area contributed by atoms with E-state index in [1.54, 1.807) is 28.4 Å². The Hall–Kier alpha value is -2.39. The van der Waals surface area contributed by atoms with Crippen molar-refractivity contribution in [2.24, 2.45) is 0 Å². The maximum Gasteiger partial charge on any atom is 0.243 e. The summed E-state index contributed by atoms with van der Waals surface area (Å²) < 4.78 is 34.5. The summed E-state index contributed by atoms with van der Waals surface area (Å²) in [7, 11) is -3.89. The van der Waals surface area contributed by atoms with E-state index in [1.807, 2.05) is 56.5 Å². The van der Waals surface area contributed by atoms with Gasteiger partial charge in [-0.15, -0.1) is 11.3 Å². The molecule has 2 aromatic carbocycles. The van der Waals surface area contributed by atoms with Gasteiger partial charge in [0, 0.05) is 22.5 Å². The van der Waals surface area contributed by atoms with E-state index >= 15 is 0 Å². The summed E-state index contributed by atoms with van der Waals surface area (Å²) in [6.45, 7) is 6.34. The molecule has 1 amide bonds. The molecule has 4 rings (SSSR count). The highest BCUT2D eigenvalue weighted by Crippen LogP contribution is 2.34. The van der Waals surface area contributed by atoms with Crippen LogP contribution in [0.15, 0.2) is 64.9 Å². The predicted molar refractivity (Wildman–Crippen MR) is 144 cm³/mol.